The second-order valence-corrected chi connectivity index (χ2v) is 18.5. The number of hydrogen-bond donors (Lipinski definition) is 11. The third-order valence-corrected chi connectivity index (χ3v) is 11.6. The lowest BCUT2D eigenvalue weighted by molar-refractivity contribution is -0.144. The largest absolute Gasteiger partial charge is 0.481 e. The number of rotatable bonds is 26. The van der Waals surface area contributed by atoms with E-state index in [1.165, 1.54) is 18.7 Å². The number of carboxylic acid groups (broad SMARTS) is 2. The first kappa shape index (κ1) is 57.2. The van der Waals surface area contributed by atoms with E-state index in [1.807, 2.05) is 19.1 Å². The van der Waals surface area contributed by atoms with Gasteiger partial charge in [0.25, 0.3) is 0 Å². The van der Waals surface area contributed by atoms with E-state index in [0.29, 0.717) is 37.1 Å². The molecule has 0 bridgehead atoms. The molecule has 0 radical (unpaired) electrons. The van der Waals surface area contributed by atoms with Crippen LogP contribution in [0.25, 0.3) is 0 Å². The quantitative estimate of drug-likeness (QED) is 0.0583. The minimum Gasteiger partial charge on any atom is -0.481 e. The molecule has 384 valence electrons. The molecule has 1 aliphatic rings. The van der Waals surface area contributed by atoms with Gasteiger partial charge in [-0.25, -0.2) is 9.59 Å². The fraction of sp³-hybridized carbons (Fsp3) is 0.542. The van der Waals surface area contributed by atoms with Crippen molar-refractivity contribution in [2.24, 2.45) is 11.7 Å². The number of likely N-dealkylation sites (tertiary alicyclic amines) is 1. The molecule has 7 atom stereocenters. The van der Waals surface area contributed by atoms with E-state index < -0.39 is 119 Å². The summed E-state index contributed by atoms with van der Waals surface area (Å²) >= 11 is 0. The van der Waals surface area contributed by atoms with Crippen LogP contribution in [0.15, 0.2) is 54.6 Å². The van der Waals surface area contributed by atoms with Crippen molar-refractivity contribution in [3.05, 3.63) is 65.7 Å². The number of carbonyl (C=O) groups excluding carboxylic acids is 8. The number of carbonyl (C=O) groups is 10. The van der Waals surface area contributed by atoms with Crippen LogP contribution in [0.1, 0.15) is 97.6 Å². The van der Waals surface area contributed by atoms with E-state index in [4.69, 9.17) is 5.73 Å². The van der Waals surface area contributed by atoms with Crippen LogP contribution in [0.2, 0.25) is 0 Å². The molecule has 0 aliphatic carbocycles. The van der Waals surface area contributed by atoms with Crippen LogP contribution in [-0.4, -0.2) is 135 Å². The van der Waals surface area contributed by atoms with Crippen LogP contribution in [0.5, 0.6) is 0 Å². The Kier molecular flexibility index (Phi) is 22.2. The Bertz CT molecular complexity index is 2190. The summed E-state index contributed by atoms with van der Waals surface area (Å²) in [6, 6.07) is 5.99. The summed E-state index contributed by atoms with van der Waals surface area (Å²) in [4.78, 5) is 133. The molecule has 1 heterocycles. The van der Waals surface area contributed by atoms with Crippen LogP contribution < -0.4 is 48.3 Å². The second kappa shape index (κ2) is 27.2. The van der Waals surface area contributed by atoms with Gasteiger partial charge in [-0.3, -0.25) is 38.4 Å². The summed E-state index contributed by atoms with van der Waals surface area (Å²) in [6.45, 7) is 11.4. The molecule has 0 spiro atoms. The van der Waals surface area contributed by atoms with Crippen molar-refractivity contribution in [3.8, 4) is 0 Å². The van der Waals surface area contributed by atoms with Crippen molar-refractivity contribution in [3.63, 3.8) is 0 Å². The highest BCUT2D eigenvalue weighted by Crippen LogP contribution is 2.22. The standard InChI is InChI=1S/C48H70N10O12/c1-27(2)39(45(67)58-23-15-21-36(58)44(66)51-29(4)40(62)50-30(5)41(63)53-33(46(68)69)20-13-14-22-49)56-42(64)34(25-38(60)61)54-43(65)35(52-37(59)24-31-17-9-8-10-18-31)26-48(6,7)57-47(70)55-32-19-12-11-16-28(32)3/h8-12,16-19,27,29-30,33-36,39H,13-15,20-26,49H2,1-7H3,(H,50,62)(H,51,66)(H,52,59)(H,53,63)(H,54,65)(H,56,64)(H,60,61)(H,68,69)(H2,55,57,70)/t29-,30-,33-,34-,35-,36-,39-/m0/s1. The lowest BCUT2D eigenvalue weighted by Crippen LogP contribution is -2.61. The minimum atomic E-state index is -1.76. The maximum atomic E-state index is 14.2. The molecule has 0 aromatic heterocycles. The molecule has 2 aromatic carbocycles. The number of aliphatic carboxylic acids is 2. The number of hydrogen-bond acceptors (Lipinski definition) is 11. The molecule has 0 unspecified atom stereocenters. The Morgan fingerprint density at radius 1 is 0.729 bits per heavy atom. The third-order valence-electron chi connectivity index (χ3n) is 11.6. The second-order valence-electron chi connectivity index (χ2n) is 18.5. The van der Waals surface area contributed by atoms with Gasteiger partial charge in [0, 0.05) is 17.8 Å². The van der Waals surface area contributed by atoms with Gasteiger partial charge in [0.05, 0.1) is 12.8 Å². The first-order valence-corrected chi connectivity index (χ1v) is 23.4. The molecule has 9 amide bonds. The van der Waals surface area contributed by atoms with Gasteiger partial charge in [-0.1, -0.05) is 62.4 Å². The summed E-state index contributed by atoms with van der Waals surface area (Å²) in [7, 11) is 0. The Hall–Kier alpha value is -7.10. The molecule has 22 nitrogen and oxygen atoms in total. The van der Waals surface area contributed by atoms with E-state index in [0.717, 1.165) is 5.56 Å². The number of aryl methyl sites for hydroxylation is 1. The molecule has 22 heteroatoms. The molecule has 1 fully saturated rings. The molecule has 2 aromatic rings. The number of amides is 9. The fourth-order valence-electron chi connectivity index (χ4n) is 7.70. The van der Waals surface area contributed by atoms with Crippen molar-refractivity contribution in [2.45, 2.75) is 148 Å². The van der Waals surface area contributed by atoms with Gasteiger partial charge in [-0.2, -0.15) is 0 Å². The van der Waals surface area contributed by atoms with Crippen LogP contribution in [0.4, 0.5) is 10.5 Å². The Morgan fingerprint density at radius 2 is 1.33 bits per heavy atom. The first-order valence-electron chi connectivity index (χ1n) is 23.4. The zero-order chi connectivity index (χ0) is 52.3. The smallest absolute Gasteiger partial charge is 0.326 e. The zero-order valence-electron chi connectivity index (χ0n) is 40.9. The summed E-state index contributed by atoms with van der Waals surface area (Å²) < 4.78 is 0. The predicted molar refractivity (Wildman–Crippen MR) is 257 cm³/mol. The van der Waals surface area contributed by atoms with Gasteiger partial charge in [0.15, 0.2) is 0 Å². The summed E-state index contributed by atoms with van der Waals surface area (Å²) in [5.41, 5.74) is 6.27. The number of benzene rings is 2. The van der Waals surface area contributed by atoms with Gasteiger partial charge >= 0.3 is 18.0 Å². The highest BCUT2D eigenvalue weighted by Gasteiger charge is 2.41. The monoisotopic (exact) mass is 979 g/mol. The molecule has 70 heavy (non-hydrogen) atoms. The number of nitrogens with one attached hydrogen (secondary N) is 8. The highest BCUT2D eigenvalue weighted by molar-refractivity contribution is 5.98. The van der Waals surface area contributed by atoms with E-state index in [1.54, 1.807) is 70.2 Å². The number of urea groups is 1. The molecule has 1 saturated heterocycles. The fourth-order valence-corrected chi connectivity index (χ4v) is 7.70. The molecule has 0 saturated carbocycles. The number of unbranched alkanes of at least 4 members (excludes halogenated alkanes) is 1. The van der Waals surface area contributed by atoms with Gasteiger partial charge < -0.3 is 63.4 Å². The lowest BCUT2D eigenvalue weighted by Gasteiger charge is -2.33. The normalized spacial score (nSPS) is 16.0. The first-order chi connectivity index (χ1) is 32.9. The predicted octanol–water partition coefficient (Wildman–Crippen LogP) is 0.812. The van der Waals surface area contributed by atoms with Crippen LogP contribution in [0, 0.1) is 12.8 Å². The van der Waals surface area contributed by atoms with Crippen LogP contribution >= 0.6 is 0 Å². The van der Waals surface area contributed by atoms with Crippen molar-refractivity contribution < 1.29 is 58.2 Å². The number of nitrogens with two attached hydrogens (primary N) is 1. The third kappa shape index (κ3) is 18.4. The van der Waals surface area contributed by atoms with Gasteiger partial charge in [-0.15, -0.1) is 0 Å². The van der Waals surface area contributed by atoms with Crippen LogP contribution in [0.3, 0.4) is 0 Å². The maximum Gasteiger partial charge on any atom is 0.326 e. The average molecular weight is 979 g/mol. The molecule has 1 aliphatic heterocycles. The maximum absolute atomic E-state index is 14.2. The molecule has 3 rings (SSSR count). The van der Waals surface area contributed by atoms with E-state index in [-0.39, 0.29) is 32.2 Å². The number of anilines is 1. The highest BCUT2D eigenvalue weighted by atomic mass is 16.4. The Morgan fingerprint density at radius 3 is 1.94 bits per heavy atom. The van der Waals surface area contributed by atoms with Gasteiger partial charge in [0.2, 0.25) is 41.4 Å². The summed E-state index contributed by atoms with van der Waals surface area (Å²) in [5, 5.41) is 40.0. The summed E-state index contributed by atoms with van der Waals surface area (Å²) in [6.07, 6.45) is 0.457. The zero-order valence-corrected chi connectivity index (χ0v) is 40.9. The molecular formula is C48H70N10O12. The van der Waals surface area contributed by atoms with Crippen molar-refractivity contribution >= 4 is 65.0 Å². The van der Waals surface area contributed by atoms with Crippen molar-refractivity contribution in [1.82, 2.24) is 42.1 Å². The number of nitrogens with zero attached hydrogens (tertiary/aromatic N) is 1. The average Bonchev–Trinajstić information content (AvgIpc) is 3.78. The van der Waals surface area contributed by atoms with Gasteiger partial charge in [-0.05, 0) is 103 Å². The van der Waals surface area contributed by atoms with Crippen molar-refractivity contribution in [2.75, 3.05) is 18.4 Å². The van der Waals surface area contributed by atoms with Crippen molar-refractivity contribution in [1.29, 1.82) is 0 Å². The van der Waals surface area contributed by atoms with E-state index >= 15 is 0 Å². The lowest BCUT2D eigenvalue weighted by atomic mass is 9.94. The SMILES string of the molecule is Cc1ccccc1NC(=O)NC(C)(C)C[C@H](NC(=O)Cc1ccccc1)C(=O)N[C@@H](CC(=O)O)C(=O)N[C@H](C(=O)N1CCC[C@H]1C(=O)N[C@@H](C)C(=O)N[C@@H](C)C(=O)N[C@@H](CCCCN)C(=O)O)C(C)C. The Balaban J connectivity index is 1.74. The summed E-state index contributed by atoms with van der Waals surface area (Å²) in [5.74, 6) is -8.81. The minimum absolute atomic E-state index is 0.0935. The Labute approximate surface area is 407 Å². The number of carboxylic acids is 2. The van der Waals surface area contributed by atoms with Gasteiger partial charge in [0.1, 0.15) is 42.3 Å². The number of para-hydroxylation sites is 1. The van der Waals surface area contributed by atoms with E-state index in [2.05, 4.69) is 42.5 Å². The molecule has 12 N–H and O–H groups in total. The topological polar surface area (TPSA) is 337 Å². The van der Waals surface area contributed by atoms with E-state index in [9.17, 15) is 58.2 Å². The molecular weight excluding hydrogens is 909 g/mol. The van der Waals surface area contributed by atoms with Crippen LogP contribution in [-0.2, 0) is 49.6 Å².